The van der Waals surface area contributed by atoms with Crippen LogP contribution >= 0.6 is 0 Å². The van der Waals surface area contributed by atoms with Gasteiger partial charge in [0.15, 0.2) is 0 Å². The minimum absolute atomic E-state index is 0.148. The zero-order valence-corrected chi connectivity index (χ0v) is 10.2. The number of benzene rings is 2. The predicted octanol–water partition coefficient (Wildman–Crippen LogP) is 3.26. The molecular weight excluding hydrogens is 222 g/mol. The quantitative estimate of drug-likeness (QED) is 0.785. The van der Waals surface area contributed by atoms with Gasteiger partial charge in [0, 0.05) is 12.2 Å². The van der Waals surface area contributed by atoms with E-state index in [1.165, 1.54) is 5.56 Å². The van der Waals surface area contributed by atoms with Gasteiger partial charge < -0.3 is 10.4 Å². The maximum atomic E-state index is 8.72. The Morgan fingerprint density at radius 3 is 2.06 bits per heavy atom. The molecule has 0 bridgehead atoms. The van der Waals surface area contributed by atoms with Gasteiger partial charge in [-0.05, 0) is 23.3 Å². The maximum absolute atomic E-state index is 8.72. The molecule has 0 fully saturated rings. The van der Waals surface area contributed by atoms with E-state index in [0.29, 0.717) is 6.54 Å². The molecule has 0 saturated heterocycles. The summed E-state index contributed by atoms with van der Waals surface area (Å²) in [6.45, 7) is 0.731. The van der Waals surface area contributed by atoms with E-state index in [-0.39, 0.29) is 6.61 Å². The minimum atomic E-state index is 0.148. The van der Waals surface area contributed by atoms with Gasteiger partial charge in [-0.15, -0.1) is 0 Å². The van der Waals surface area contributed by atoms with Crippen molar-refractivity contribution in [2.75, 3.05) is 18.5 Å². The van der Waals surface area contributed by atoms with Crippen LogP contribution in [0.15, 0.2) is 54.6 Å². The number of anilines is 1. The van der Waals surface area contributed by atoms with Crippen molar-refractivity contribution in [3.05, 3.63) is 65.7 Å². The van der Waals surface area contributed by atoms with E-state index in [0.717, 1.165) is 11.3 Å². The maximum Gasteiger partial charge on any atom is 0.0604 e. The van der Waals surface area contributed by atoms with Gasteiger partial charge in [-0.3, -0.25) is 0 Å². The highest BCUT2D eigenvalue weighted by molar-refractivity contribution is 5.70. The lowest BCUT2D eigenvalue weighted by Crippen LogP contribution is -2.04. The molecule has 92 valence electrons. The van der Waals surface area contributed by atoms with Crippen LogP contribution < -0.4 is 5.32 Å². The molecule has 0 aromatic heterocycles. The molecular formula is C16H17NO. The van der Waals surface area contributed by atoms with E-state index >= 15 is 0 Å². The number of aliphatic hydroxyl groups is 1. The van der Waals surface area contributed by atoms with E-state index in [9.17, 15) is 0 Å². The van der Waals surface area contributed by atoms with E-state index in [1.807, 2.05) is 30.3 Å². The minimum Gasteiger partial charge on any atom is -0.395 e. The molecule has 2 heteroatoms. The van der Waals surface area contributed by atoms with Crippen LogP contribution in [0, 0.1) is 0 Å². The van der Waals surface area contributed by atoms with Crippen molar-refractivity contribution in [1.82, 2.24) is 0 Å². The molecule has 2 N–H and O–H groups in total. The zero-order valence-electron chi connectivity index (χ0n) is 10.2. The molecule has 0 aliphatic heterocycles. The summed E-state index contributed by atoms with van der Waals surface area (Å²) in [5, 5.41) is 11.8. The highest BCUT2D eigenvalue weighted by Crippen LogP contribution is 2.12. The molecule has 0 atom stereocenters. The van der Waals surface area contributed by atoms with Crippen molar-refractivity contribution >= 4 is 17.8 Å². The lowest BCUT2D eigenvalue weighted by atomic mass is 10.1. The molecule has 2 aromatic carbocycles. The number of nitrogens with one attached hydrogen (secondary N) is 1. The lowest BCUT2D eigenvalue weighted by Gasteiger charge is -2.03. The summed E-state index contributed by atoms with van der Waals surface area (Å²) >= 11 is 0. The molecule has 2 aromatic rings. The largest absolute Gasteiger partial charge is 0.395 e. The molecule has 2 rings (SSSR count). The first-order chi connectivity index (χ1) is 8.88. The number of rotatable bonds is 5. The Morgan fingerprint density at radius 1 is 0.833 bits per heavy atom. The van der Waals surface area contributed by atoms with Gasteiger partial charge in [-0.2, -0.15) is 0 Å². The van der Waals surface area contributed by atoms with Gasteiger partial charge in [0.2, 0.25) is 0 Å². The fraction of sp³-hybridized carbons (Fsp3) is 0.125. The summed E-state index contributed by atoms with van der Waals surface area (Å²) in [5.41, 5.74) is 3.38. The third-order valence-corrected chi connectivity index (χ3v) is 2.62. The second-order valence-corrected chi connectivity index (χ2v) is 4.02. The van der Waals surface area contributed by atoms with Gasteiger partial charge in [0.05, 0.1) is 6.61 Å². The fourth-order valence-corrected chi connectivity index (χ4v) is 1.67. The summed E-state index contributed by atoms with van der Waals surface area (Å²) in [5.74, 6) is 0. The van der Waals surface area contributed by atoms with Crippen molar-refractivity contribution in [1.29, 1.82) is 0 Å². The van der Waals surface area contributed by atoms with Crippen molar-refractivity contribution < 1.29 is 5.11 Å². The summed E-state index contributed by atoms with van der Waals surface area (Å²) in [6.07, 6.45) is 4.18. The molecule has 0 aliphatic rings. The Balaban J connectivity index is 2.00. The van der Waals surface area contributed by atoms with Crippen LogP contribution in [-0.2, 0) is 0 Å². The van der Waals surface area contributed by atoms with E-state index in [1.54, 1.807) is 0 Å². The first-order valence-electron chi connectivity index (χ1n) is 6.06. The Bertz CT molecular complexity index is 488. The second-order valence-electron chi connectivity index (χ2n) is 4.02. The van der Waals surface area contributed by atoms with E-state index in [4.69, 9.17) is 5.11 Å². The van der Waals surface area contributed by atoms with Crippen LogP contribution in [0.2, 0.25) is 0 Å². The molecule has 0 unspecified atom stereocenters. The first-order valence-corrected chi connectivity index (χ1v) is 6.06. The van der Waals surface area contributed by atoms with Gasteiger partial charge in [-0.25, -0.2) is 0 Å². The topological polar surface area (TPSA) is 32.3 Å². The molecule has 0 radical (unpaired) electrons. The third kappa shape index (κ3) is 3.75. The van der Waals surface area contributed by atoms with Crippen LogP contribution in [0.4, 0.5) is 5.69 Å². The number of hydrogen-bond donors (Lipinski definition) is 2. The highest BCUT2D eigenvalue weighted by Gasteiger charge is 1.91. The molecule has 0 saturated carbocycles. The summed E-state index contributed by atoms with van der Waals surface area (Å²) < 4.78 is 0. The standard InChI is InChI=1S/C16H17NO/c18-13-12-17-16-10-8-15(9-11-16)7-6-14-4-2-1-3-5-14/h1-11,17-18H,12-13H2/b7-6+. The number of hydrogen-bond acceptors (Lipinski definition) is 2. The predicted molar refractivity (Wildman–Crippen MR) is 77.4 cm³/mol. The summed E-state index contributed by atoms with van der Waals surface area (Å²) in [4.78, 5) is 0. The average molecular weight is 239 g/mol. The average Bonchev–Trinajstić information content (AvgIpc) is 2.45. The zero-order chi connectivity index (χ0) is 12.6. The highest BCUT2D eigenvalue weighted by atomic mass is 16.3. The van der Waals surface area contributed by atoms with Crippen LogP contribution in [0.1, 0.15) is 11.1 Å². The molecule has 0 spiro atoms. The first kappa shape index (κ1) is 12.4. The van der Waals surface area contributed by atoms with Gasteiger partial charge in [0.25, 0.3) is 0 Å². The van der Waals surface area contributed by atoms with Gasteiger partial charge in [-0.1, -0.05) is 54.6 Å². The molecule has 18 heavy (non-hydrogen) atoms. The van der Waals surface area contributed by atoms with Crippen molar-refractivity contribution in [3.63, 3.8) is 0 Å². The van der Waals surface area contributed by atoms with Gasteiger partial charge >= 0.3 is 0 Å². The molecule has 2 nitrogen and oxygen atoms in total. The lowest BCUT2D eigenvalue weighted by molar-refractivity contribution is 0.311. The molecule has 0 aliphatic carbocycles. The van der Waals surface area contributed by atoms with Crippen molar-refractivity contribution in [2.24, 2.45) is 0 Å². The second kappa shape index (κ2) is 6.62. The Hall–Kier alpha value is -2.06. The van der Waals surface area contributed by atoms with Crippen LogP contribution in [-0.4, -0.2) is 18.3 Å². The van der Waals surface area contributed by atoms with E-state index < -0.39 is 0 Å². The Morgan fingerprint density at radius 2 is 1.44 bits per heavy atom. The van der Waals surface area contributed by atoms with E-state index in [2.05, 4.69) is 41.7 Å². The monoisotopic (exact) mass is 239 g/mol. The van der Waals surface area contributed by atoms with Crippen molar-refractivity contribution in [2.45, 2.75) is 0 Å². The van der Waals surface area contributed by atoms with Crippen LogP contribution in [0.3, 0.4) is 0 Å². The Labute approximate surface area is 108 Å². The van der Waals surface area contributed by atoms with Gasteiger partial charge in [0.1, 0.15) is 0 Å². The van der Waals surface area contributed by atoms with Crippen LogP contribution in [0.25, 0.3) is 12.2 Å². The smallest absolute Gasteiger partial charge is 0.0604 e. The fourth-order valence-electron chi connectivity index (χ4n) is 1.67. The van der Waals surface area contributed by atoms with Crippen molar-refractivity contribution in [3.8, 4) is 0 Å². The Kier molecular flexibility index (Phi) is 4.56. The molecule has 0 heterocycles. The normalized spacial score (nSPS) is 10.7. The third-order valence-electron chi connectivity index (χ3n) is 2.62. The van der Waals surface area contributed by atoms with Crippen LogP contribution in [0.5, 0.6) is 0 Å². The molecule has 0 amide bonds. The number of aliphatic hydroxyl groups excluding tert-OH is 1. The SMILES string of the molecule is OCCNc1ccc(/C=C/c2ccccc2)cc1. The summed E-state index contributed by atoms with van der Waals surface area (Å²) in [7, 11) is 0. The summed E-state index contributed by atoms with van der Waals surface area (Å²) in [6, 6.07) is 18.4.